The van der Waals surface area contributed by atoms with E-state index in [4.69, 9.17) is 9.47 Å². The molecule has 36 heavy (non-hydrogen) atoms. The third kappa shape index (κ3) is 1.97. The van der Waals surface area contributed by atoms with Gasteiger partial charge in [-0.15, -0.1) is 0 Å². The summed E-state index contributed by atoms with van der Waals surface area (Å²) < 4.78 is 12.4. The monoisotopic (exact) mass is 491 g/mol. The molecule has 2 spiro atoms. The first-order chi connectivity index (χ1) is 17.1. The molecule has 6 saturated carbocycles. The van der Waals surface area contributed by atoms with E-state index in [9.17, 15) is 19.8 Å². The lowest BCUT2D eigenvalue weighted by Crippen LogP contribution is -2.78. The number of hydrogen-bond acceptors (Lipinski definition) is 7. The van der Waals surface area contributed by atoms with Crippen molar-refractivity contribution in [2.24, 2.45) is 34.0 Å². The van der Waals surface area contributed by atoms with Crippen LogP contribution in [0.15, 0.2) is 42.5 Å². The van der Waals surface area contributed by atoms with Gasteiger partial charge in [-0.3, -0.25) is 9.69 Å². The lowest BCUT2D eigenvalue weighted by atomic mass is 9.37. The Morgan fingerprint density at radius 3 is 2.61 bits per heavy atom. The molecule has 2 N–H and O–H groups in total. The Morgan fingerprint density at radius 2 is 1.89 bits per heavy atom. The van der Waals surface area contributed by atoms with Gasteiger partial charge in [0, 0.05) is 31.0 Å². The number of aliphatic hydroxyl groups is 2. The van der Waals surface area contributed by atoms with Crippen LogP contribution in [0.3, 0.4) is 0 Å². The number of ether oxygens (including phenoxy) is 2. The topological polar surface area (TPSA) is 96.3 Å². The number of benzene rings is 1. The molecule has 0 radical (unpaired) electrons. The molecule has 1 unspecified atom stereocenters. The van der Waals surface area contributed by atoms with Gasteiger partial charge < -0.3 is 19.7 Å². The van der Waals surface area contributed by atoms with Crippen LogP contribution in [-0.2, 0) is 14.3 Å². The number of esters is 2. The number of hydrogen-bond donors (Lipinski definition) is 2. The largest absolute Gasteiger partial charge is 0.458 e. The standard InChI is InChI=1S/C29H33NO6/c1-14-17-9-18-22-29-21-19(11-27(18,23(14)32)28(29,34)10-17)30(22)13-26(21,3)12-20(24(29)35-15(2)31)36-25(33)16-7-5-4-6-8-16/h4-8,17-24,32,34H,1,9-13H2,2-3H3/t17-,18+,19-,20-,21+,22+,23+,24+,26+,27-,28-,29+/m0/s1. The lowest BCUT2D eigenvalue weighted by Gasteiger charge is -2.69. The second-order valence-electron chi connectivity index (χ2n) is 13.1. The average molecular weight is 492 g/mol. The minimum absolute atomic E-state index is 0.00495. The Bertz CT molecular complexity index is 1230. The molecule has 190 valence electrons. The first-order valence-electron chi connectivity index (χ1n) is 13.4. The molecule has 10 rings (SSSR count). The minimum atomic E-state index is -1.21. The molecule has 0 aromatic heterocycles. The fourth-order valence-electron chi connectivity index (χ4n) is 11.6. The van der Waals surface area contributed by atoms with E-state index >= 15 is 0 Å². The fourth-order valence-corrected chi connectivity index (χ4v) is 11.6. The van der Waals surface area contributed by atoms with Gasteiger partial charge in [0.15, 0.2) is 0 Å². The second kappa shape index (κ2) is 6.25. The van der Waals surface area contributed by atoms with Gasteiger partial charge in [-0.2, -0.15) is 0 Å². The summed E-state index contributed by atoms with van der Waals surface area (Å²) in [5.74, 6) is -0.596. The van der Waals surface area contributed by atoms with E-state index in [0.29, 0.717) is 18.4 Å². The van der Waals surface area contributed by atoms with E-state index in [2.05, 4.69) is 18.4 Å². The highest BCUT2D eigenvalue weighted by Gasteiger charge is 2.96. The summed E-state index contributed by atoms with van der Waals surface area (Å²) in [6.45, 7) is 8.79. The van der Waals surface area contributed by atoms with Gasteiger partial charge in [0.25, 0.3) is 0 Å². The Kier molecular flexibility index (Phi) is 3.79. The van der Waals surface area contributed by atoms with Crippen LogP contribution in [0.4, 0.5) is 0 Å². The lowest BCUT2D eigenvalue weighted by molar-refractivity contribution is -0.304. The third-order valence-corrected chi connectivity index (χ3v) is 12.0. The average Bonchev–Trinajstić information content (AvgIpc) is 3.24. The molecule has 1 aromatic rings. The van der Waals surface area contributed by atoms with Crippen LogP contribution in [-0.4, -0.2) is 69.6 Å². The molecule has 7 nitrogen and oxygen atoms in total. The van der Waals surface area contributed by atoms with Gasteiger partial charge in [0.2, 0.25) is 0 Å². The maximum atomic E-state index is 13.3. The van der Waals surface area contributed by atoms with Crippen molar-refractivity contribution in [2.45, 2.75) is 75.5 Å². The summed E-state index contributed by atoms with van der Waals surface area (Å²) in [6, 6.07) is 9.12. The maximum Gasteiger partial charge on any atom is 0.338 e. The van der Waals surface area contributed by atoms with E-state index in [-0.39, 0.29) is 35.3 Å². The Balaban J connectivity index is 1.32. The number of fused-ring (bicyclic) bond motifs is 1. The van der Waals surface area contributed by atoms with Gasteiger partial charge in [-0.25, -0.2) is 4.79 Å². The molecule has 3 heterocycles. The van der Waals surface area contributed by atoms with Crippen molar-refractivity contribution >= 4 is 11.9 Å². The summed E-state index contributed by atoms with van der Waals surface area (Å²) in [7, 11) is 0. The molecule has 3 saturated heterocycles. The zero-order valence-corrected chi connectivity index (χ0v) is 20.7. The zero-order chi connectivity index (χ0) is 25.0. The van der Waals surface area contributed by atoms with E-state index in [1.54, 1.807) is 24.3 Å². The van der Waals surface area contributed by atoms with E-state index < -0.39 is 46.7 Å². The van der Waals surface area contributed by atoms with Crippen LogP contribution in [0.5, 0.6) is 0 Å². The summed E-state index contributed by atoms with van der Waals surface area (Å²) in [5.41, 5.74) is -1.56. The number of piperidine rings is 2. The molecular formula is C29H33NO6. The van der Waals surface area contributed by atoms with Gasteiger partial charge >= 0.3 is 11.9 Å². The highest BCUT2D eigenvalue weighted by atomic mass is 16.6. The Morgan fingerprint density at radius 1 is 1.14 bits per heavy atom. The van der Waals surface area contributed by atoms with Crippen LogP contribution in [0.2, 0.25) is 0 Å². The summed E-state index contributed by atoms with van der Waals surface area (Å²) >= 11 is 0. The molecule has 7 heteroatoms. The number of carbonyl (C=O) groups excluding carboxylic acids is 2. The van der Waals surface area contributed by atoms with Crippen molar-refractivity contribution in [3.8, 4) is 0 Å². The predicted octanol–water partition coefficient (Wildman–Crippen LogP) is 2.31. The number of aliphatic hydroxyl groups excluding tert-OH is 1. The van der Waals surface area contributed by atoms with Crippen LogP contribution in [0, 0.1) is 34.0 Å². The predicted molar refractivity (Wildman–Crippen MR) is 127 cm³/mol. The quantitative estimate of drug-likeness (QED) is 0.495. The molecule has 9 fully saturated rings. The smallest absolute Gasteiger partial charge is 0.338 e. The van der Waals surface area contributed by atoms with E-state index in [0.717, 1.165) is 25.0 Å². The van der Waals surface area contributed by atoms with Crippen molar-refractivity contribution < 1.29 is 29.3 Å². The summed E-state index contributed by atoms with van der Waals surface area (Å²) in [5, 5.41) is 24.7. The summed E-state index contributed by atoms with van der Waals surface area (Å²) in [6.07, 6.45) is 0.581. The molecular weight excluding hydrogens is 458 g/mol. The highest BCUT2D eigenvalue weighted by molar-refractivity contribution is 5.89. The zero-order valence-electron chi connectivity index (χ0n) is 20.7. The fraction of sp³-hybridized carbons (Fsp3) is 0.655. The van der Waals surface area contributed by atoms with Crippen LogP contribution < -0.4 is 0 Å². The van der Waals surface area contributed by atoms with Crippen LogP contribution >= 0.6 is 0 Å². The number of nitrogens with zero attached hydrogens (tertiary/aromatic N) is 1. The van der Waals surface area contributed by atoms with Gasteiger partial charge in [-0.05, 0) is 66.6 Å². The second-order valence-corrected chi connectivity index (χ2v) is 13.1. The normalized spacial score (nSPS) is 56.2. The van der Waals surface area contributed by atoms with Crippen LogP contribution in [0.1, 0.15) is 49.9 Å². The molecule has 3 aliphatic heterocycles. The number of rotatable bonds is 3. The highest BCUT2D eigenvalue weighted by Crippen LogP contribution is 2.88. The maximum absolute atomic E-state index is 13.3. The van der Waals surface area contributed by atoms with E-state index in [1.807, 2.05) is 6.07 Å². The Labute approximate surface area is 210 Å². The molecule has 9 bridgehead atoms. The van der Waals surface area contributed by atoms with Crippen molar-refractivity contribution in [3.05, 3.63) is 48.0 Å². The first-order valence-corrected chi connectivity index (χ1v) is 13.4. The van der Waals surface area contributed by atoms with Gasteiger partial charge in [-0.1, -0.05) is 31.7 Å². The third-order valence-electron chi connectivity index (χ3n) is 12.0. The molecule has 9 aliphatic rings. The van der Waals surface area contributed by atoms with Crippen molar-refractivity contribution in [3.63, 3.8) is 0 Å². The number of carbonyl (C=O) groups is 2. The van der Waals surface area contributed by atoms with Crippen molar-refractivity contribution in [1.29, 1.82) is 0 Å². The minimum Gasteiger partial charge on any atom is -0.458 e. The molecule has 0 amide bonds. The van der Waals surface area contributed by atoms with E-state index in [1.165, 1.54) is 6.92 Å². The molecule has 6 aliphatic carbocycles. The van der Waals surface area contributed by atoms with Crippen molar-refractivity contribution in [1.82, 2.24) is 4.90 Å². The first kappa shape index (κ1) is 21.8. The Hall–Kier alpha value is -2.22. The molecule has 1 aromatic carbocycles. The SMILES string of the molecule is C=C1[C@H]2C[C@@H]3[C@H]4N5C[C@@]6(C)C[C@H](OC(=O)c7ccccc7)[C@@H](OC(C)=O)[C@@]47[C@@H]6[C@@H]5C[C@]3([C@@H]1O)[C@@]7(O)C2. The summed E-state index contributed by atoms with van der Waals surface area (Å²) in [4.78, 5) is 28.5. The van der Waals surface area contributed by atoms with Crippen LogP contribution in [0.25, 0.3) is 0 Å². The molecule has 13 atom stereocenters. The van der Waals surface area contributed by atoms with Gasteiger partial charge in [0.05, 0.1) is 22.7 Å². The van der Waals surface area contributed by atoms with Crippen molar-refractivity contribution in [2.75, 3.05) is 6.54 Å². The van der Waals surface area contributed by atoms with Gasteiger partial charge in [0.1, 0.15) is 12.2 Å².